The summed E-state index contributed by atoms with van der Waals surface area (Å²) in [4.78, 5) is 16.3. The Bertz CT molecular complexity index is 546. The summed E-state index contributed by atoms with van der Waals surface area (Å²) >= 11 is 0. The van der Waals surface area contributed by atoms with Gasteiger partial charge in [-0.05, 0) is 69.6 Å². The van der Waals surface area contributed by atoms with E-state index in [2.05, 4.69) is 15.0 Å². The van der Waals surface area contributed by atoms with Crippen molar-refractivity contribution in [2.75, 3.05) is 40.3 Å². The summed E-state index contributed by atoms with van der Waals surface area (Å²) in [6.45, 7) is 1.04. The number of likely N-dealkylation sites (tertiary alicyclic amines) is 1. The minimum atomic E-state index is -2.83. The van der Waals surface area contributed by atoms with Crippen molar-refractivity contribution in [3.8, 4) is 5.75 Å². The molecule has 1 fully saturated rings. The number of halogens is 2. The number of rotatable bonds is 9. The number of likely N-dealkylation sites (N-methyl/N-ethyl adjacent to an activating group) is 1. The predicted octanol–water partition coefficient (Wildman–Crippen LogP) is 2.57. The monoisotopic (exact) mass is 369 g/mol. The number of alkyl halides is 2. The van der Waals surface area contributed by atoms with Crippen LogP contribution in [-0.4, -0.2) is 62.6 Å². The van der Waals surface area contributed by atoms with E-state index in [1.807, 2.05) is 7.05 Å². The molecule has 0 bridgehead atoms. The van der Waals surface area contributed by atoms with Crippen LogP contribution in [0.4, 0.5) is 8.78 Å². The first-order chi connectivity index (χ1) is 12.5. The van der Waals surface area contributed by atoms with Crippen molar-refractivity contribution in [2.24, 2.45) is 5.92 Å². The van der Waals surface area contributed by atoms with Crippen LogP contribution in [0.2, 0.25) is 0 Å². The Morgan fingerprint density at radius 2 is 1.96 bits per heavy atom. The Balaban J connectivity index is 1.74. The molecule has 0 aliphatic carbocycles. The summed E-state index contributed by atoms with van der Waals surface area (Å²) in [5.41, 5.74) is 0.883. The van der Waals surface area contributed by atoms with Crippen molar-refractivity contribution in [2.45, 2.75) is 32.4 Å². The van der Waals surface area contributed by atoms with E-state index >= 15 is 0 Å². The van der Waals surface area contributed by atoms with Gasteiger partial charge in [-0.25, -0.2) is 0 Å². The van der Waals surface area contributed by atoms with E-state index in [1.165, 1.54) is 18.6 Å². The van der Waals surface area contributed by atoms with Gasteiger partial charge in [0.15, 0.2) is 0 Å². The molecule has 1 saturated heterocycles. The van der Waals surface area contributed by atoms with Crippen LogP contribution in [0.15, 0.2) is 24.3 Å². The zero-order valence-corrected chi connectivity index (χ0v) is 15.6. The van der Waals surface area contributed by atoms with E-state index < -0.39 is 6.61 Å². The Labute approximate surface area is 154 Å². The topological polar surface area (TPSA) is 44.8 Å². The molecule has 0 saturated carbocycles. The Kier molecular flexibility index (Phi) is 8.25. The van der Waals surface area contributed by atoms with Gasteiger partial charge in [0, 0.05) is 13.6 Å². The van der Waals surface area contributed by atoms with Crippen molar-refractivity contribution in [1.82, 2.24) is 15.1 Å². The summed E-state index contributed by atoms with van der Waals surface area (Å²) in [5, 5.41) is 3.19. The lowest BCUT2D eigenvalue weighted by molar-refractivity contribution is -0.132. The maximum Gasteiger partial charge on any atom is 0.387 e. The van der Waals surface area contributed by atoms with Crippen molar-refractivity contribution in [1.29, 1.82) is 0 Å². The van der Waals surface area contributed by atoms with Gasteiger partial charge in [0.1, 0.15) is 5.75 Å². The fourth-order valence-electron chi connectivity index (χ4n) is 3.23. The lowest BCUT2D eigenvalue weighted by atomic mass is 9.93. The molecule has 0 aromatic heterocycles. The normalized spacial score (nSPS) is 16.0. The molecule has 0 atom stereocenters. The Morgan fingerprint density at radius 1 is 1.31 bits per heavy atom. The van der Waals surface area contributed by atoms with Crippen molar-refractivity contribution >= 4 is 5.91 Å². The van der Waals surface area contributed by atoms with Gasteiger partial charge < -0.3 is 15.0 Å². The van der Waals surface area contributed by atoms with E-state index in [-0.39, 0.29) is 11.7 Å². The minimum Gasteiger partial charge on any atom is -0.435 e. The number of nitrogens with one attached hydrogen (secondary N) is 1. The Morgan fingerprint density at radius 3 is 2.54 bits per heavy atom. The van der Waals surface area contributed by atoms with Crippen LogP contribution in [0.5, 0.6) is 5.75 Å². The fraction of sp³-hybridized carbons (Fsp3) is 0.632. The molecule has 5 nitrogen and oxygen atoms in total. The average Bonchev–Trinajstić information content (AvgIpc) is 2.62. The van der Waals surface area contributed by atoms with Crippen LogP contribution >= 0.6 is 0 Å². The first-order valence-electron chi connectivity index (χ1n) is 9.12. The van der Waals surface area contributed by atoms with Gasteiger partial charge >= 0.3 is 6.61 Å². The van der Waals surface area contributed by atoms with Gasteiger partial charge in [-0.1, -0.05) is 12.1 Å². The third kappa shape index (κ3) is 6.88. The molecule has 146 valence electrons. The number of carbonyl (C=O) groups excluding carboxylic acids is 1. The molecule has 1 aliphatic rings. The van der Waals surface area contributed by atoms with Crippen LogP contribution in [-0.2, 0) is 11.3 Å². The van der Waals surface area contributed by atoms with Gasteiger partial charge in [-0.3, -0.25) is 9.69 Å². The summed E-state index contributed by atoms with van der Waals surface area (Å²) in [6, 6.07) is 6.40. The minimum absolute atomic E-state index is 0.0755. The number of hydrogen-bond donors (Lipinski definition) is 1. The average molecular weight is 369 g/mol. The lowest BCUT2D eigenvalue weighted by Gasteiger charge is -2.32. The number of ether oxygens (including phenoxy) is 1. The molecule has 0 spiro atoms. The molecule has 0 radical (unpaired) electrons. The highest BCUT2D eigenvalue weighted by atomic mass is 19.3. The number of nitrogens with zero attached hydrogens (tertiary/aromatic N) is 2. The smallest absolute Gasteiger partial charge is 0.387 e. The number of benzene rings is 1. The predicted molar refractivity (Wildman–Crippen MR) is 97.3 cm³/mol. The second-order valence-corrected chi connectivity index (χ2v) is 6.88. The molecular formula is C19H29F2N3O2. The Hall–Kier alpha value is -1.73. The molecule has 1 aliphatic heterocycles. The quantitative estimate of drug-likeness (QED) is 0.727. The van der Waals surface area contributed by atoms with Crippen LogP contribution in [0.25, 0.3) is 0 Å². The van der Waals surface area contributed by atoms with E-state index in [4.69, 9.17) is 0 Å². The van der Waals surface area contributed by atoms with Crippen molar-refractivity contribution in [3.05, 3.63) is 29.8 Å². The summed E-state index contributed by atoms with van der Waals surface area (Å²) in [7, 11) is 3.74. The van der Waals surface area contributed by atoms with Gasteiger partial charge in [0.25, 0.3) is 0 Å². The molecule has 1 heterocycles. The number of hydrogen-bond acceptors (Lipinski definition) is 4. The maximum atomic E-state index is 12.4. The molecule has 1 N–H and O–H groups in total. The zero-order valence-electron chi connectivity index (χ0n) is 15.6. The molecule has 0 unspecified atom stereocenters. The maximum absolute atomic E-state index is 12.4. The van der Waals surface area contributed by atoms with Crippen LogP contribution < -0.4 is 10.1 Å². The second kappa shape index (κ2) is 10.4. The van der Waals surface area contributed by atoms with E-state index in [9.17, 15) is 13.6 Å². The van der Waals surface area contributed by atoms with Crippen molar-refractivity contribution in [3.63, 3.8) is 0 Å². The van der Waals surface area contributed by atoms with Gasteiger partial charge in [-0.2, -0.15) is 8.78 Å². The highest BCUT2D eigenvalue weighted by molar-refractivity contribution is 5.78. The SMILES string of the molecule is CNCCC1CCN(CC(=O)N(C)Cc2ccc(OC(F)F)cc2)CC1. The lowest BCUT2D eigenvalue weighted by Crippen LogP contribution is -2.42. The van der Waals surface area contributed by atoms with Gasteiger partial charge in [-0.15, -0.1) is 0 Å². The molecular weight excluding hydrogens is 340 g/mol. The number of amides is 1. The largest absolute Gasteiger partial charge is 0.435 e. The third-order valence-electron chi connectivity index (χ3n) is 4.86. The van der Waals surface area contributed by atoms with E-state index in [0.717, 1.165) is 44.0 Å². The fourth-order valence-corrected chi connectivity index (χ4v) is 3.23. The van der Waals surface area contributed by atoms with Crippen molar-refractivity contribution < 1.29 is 18.3 Å². The van der Waals surface area contributed by atoms with Gasteiger partial charge in [0.2, 0.25) is 5.91 Å². The van der Waals surface area contributed by atoms with Crippen LogP contribution in [0.3, 0.4) is 0 Å². The summed E-state index contributed by atoms with van der Waals surface area (Å²) < 4.78 is 28.7. The van der Waals surface area contributed by atoms with Crippen LogP contribution in [0, 0.1) is 5.92 Å². The van der Waals surface area contributed by atoms with E-state index in [1.54, 1.807) is 24.1 Å². The molecule has 26 heavy (non-hydrogen) atoms. The molecule has 1 aromatic rings. The van der Waals surface area contributed by atoms with Crippen LogP contribution in [0.1, 0.15) is 24.8 Å². The number of carbonyl (C=O) groups is 1. The van der Waals surface area contributed by atoms with Gasteiger partial charge in [0.05, 0.1) is 6.54 Å². The highest BCUT2D eigenvalue weighted by Gasteiger charge is 2.21. The summed E-state index contributed by atoms with van der Waals surface area (Å²) in [5.74, 6) is 0.950. The standard InChI is InChI=1S/C19H29F2N3O2/c1-22-10-7-15-8-11-24(12-9-15)14-18(25)23(2)13-16-3-5-17(6-4-16)26-19(20)21/h3-6,15,19,22H,7-14H2,1-2H3. The summed E-state index contributed by atoms with van der Waals surface area (Å²) in [6.07, 6.45) is 3.48. The molecule has 1 aromatic carbocycles. The third-order valence-corrected chi connectivity index (χ3v) is 4.86. The highest BCUT2D eigenvalue weighted by Crippen LogP contribution is 2.20. The number of piperidine rings is 1. The first kappa shape index (κ1) is 20.6. The molecule has 1 amide bonds. The second-order valence-electron chi connectivity index (χ2n) is 6.88. The zero-order chi connectivity index (χ0) is 18.9. The molecule has 2 rings (SSSR count). The first-order valence-corrected chi connectivity index (χ1v) is 9.12. The van der Waals surface area contributed by atoms with E-state index in [0.29, 0.717) is 13.1 Å². The molecule has 7 heteroatoms.